The van der Waals surface area contributed by atoms with Crippen LogP contribution in [-0.4, -0.2) is 26.9 Å². The average Bonchev–Trinajstić information content (AvgIpc) is 2.30. The van der Waals surface area contributed by atoms with Gasteiger partial charge in [0.05, 0.1) is 13.7 Å². The third-order valence-electron chi connectivity index (χ3n) is 2.18. The molecule has 1 N–H and O–H groups in total. The molecule has 0 radical (unpaired) electrons. The molecule has 0 aromatic heterocycles. The van der Waals surface area contributed by atoms with Crippen LogP contribution in [0.25, 0.3) is 0 Å². The normalized spacial score (nSPS) is 10.6. The number of hydrogen-bond acceptors (Lipinski definition) is 3. The predicted octanol–water partition coefficient (Wildman–Crippen LogP) is 2.92. The van der Waals surface area contributed by atoms with E-state index in [4.69, 9.17) is 9.47 Å². The maximum Gasteiger partial charge on any atom is 0.165 e. The zero-order valence-corrected chi connectivity index (χ0v) is 10.6. The molecule has 17 heavy (non-hydrogen) atoms. The number of ether oxygens (including phenoxy) is 2. The van der Waals surface area contributed by atoms with Gasteiger partial charge in [-0.1, -0.05) is 13.8 Å². The number of methoxy groups -OCH3 is 1. The lowest BCUT2D eigenvalue weighted by atomic mass is 10.2. The molecule has 0 aliphatic carbocycles. The minimum absolute atomic E-state index is 0.248. The van der Waals surface area contributed by atoms with E-state index in [-0.39, 0.29) is 11.6 Å². The molecule has 0 bridgehead atoms. The molecule has 1 aromatic carbocycles. The molecular weight excluding hydrogens is 221 g/mol. The Kier molecular flexibility index (Phi) is 5.77. The van der Waals surface area contributed by atoms with Crippen molar-refractivity contribution >= 4 is 5.69 Å². The van der Waals surface area contributed by atoms with Crippen LogP contribution in [0.1, 0.15) is 13.8 Å². The van der Waals surface area contributed by atoms with E-state index in [1.54, 1.807) is 12.1 Å². The van der Waals surface area contributed by atoms with Crippen LogP contribution in [0.4, 0.5) is 10.1 Å². The number of rotatable bonds is 7. The van der Waals surface area contributed by atoms with Crippen molar-refractivity contribution in [3.8, 4) is 5.75 Å². The van der Waals surface area contributed by atoms with Crippen molar-refractivity contribution in [2.24, 2.45) is 5.92 Å². The summed E-state index contributed by atoms with van der Waals surface area (Å²) in [5.41, 5.74) is 0.830. The second kappa shape index (κ2) is 7.12. The van der Waals surface area contributed by atoms with E-state index in [1.807, 2.05) is 0 Å². The molecule has 3 nitrogen and oxygen atoms in total. The van der Waals surface area contributed by atoms with E-state index >= 15 is 0 Å². The van der Waals surface area contributed by atoms with Crippen LogP contribution in [0.5, 0.6) is 5.75 Å². The molecule has 0 spiro atoms. The first-order valence-electron chi connectivity index (χ1n) is 5.78. The zero-order chi connectivity index (χ0) is 12.7. The summed E-state index contributed by atoms with van der Waals surface area (Å²) in [6, 6.07) is 4.70. The number of nitrogens with one attached hydrogen (secondary N) is 1. The molecule has 0 saturated heterocycles. The van der Waals surface area contributed by atoms with Gasteiger partial charge in [-0.05, 0) is 18.1 Å². The third-order valence-corrected chi connectivity index (χ3v) is 2.18. The monoisotopic (exact) mass is 241 g/mol. The first-order chi connectivity index (χ1) is 8.13. The average molecular weight is 241 g/mol. The molecule has 1 rings (SSSR count). The Balaban J connectivity index is 2.32. The summed E-state index contributed by atoms with van der Waals surface area (Å²) >= 11 is 0. The van der Waals surface area contributed by atoms with Crippen LogP contribution < -0.4 is 10.1 Å². The maximum absolute atomic E-state index is 13.1. The minimum Gasteiger partial charge on any atom is -0.494 e. The molecule has 1 aromatic rings. The van der Waals surface area contributed by atoms with Crippen molar-refractivity contribution in [1.82, 2.24) is 0 Å². The molecular formula is C13H20FNO2. The van der Waals surface area contributed by atoms with E-state index in [0.29, 0.717) is 19.1 Å². The summed E-state index contributed by atoms with van der Waals surface area (Å²) in [4.78, 5) is 0. The van der Waals surface area contributed by atoms with Gasteiger partial charge >= 0.3 is 0 Å². The van der Waals surface area contributed by atoms with Gasteiger partial charge in [0, 0.05) is 24.9 Å². The molecule has 0 fully saturated rings. The quantitative estimate of drug-likeness (QED) is 0.744. The van der Waals surface area contributed by atoms with Crippen molar-refractivity contribution in [3.63, 3.8) is 0 Å². The molecule has 96 valence electrons. The fourth-order valence-corrected chi connectivity index (χ4v) is 1.36. The topological polar surface area (TPSA) is 30.5 Å². The van der Waals surface area contributed by atoms with Crippen molar-refractivity contribution in [2.45, 2.75) is 13.8 Å². The molecule has 0 saturated carbocycles. The van der Waals surface area contributed by atoms with Gasteiger partial charge < -0.3 is 14.8 Å². The Hall–Kier alpha value is -1.29. The highest BCUT2D eigenvalue weighted by molar-refractivity contribution is 5.48. The Morgan fingerprint density at radius 3 is 2.76 bits per heavy atom. The van der Waals surface area contributed by atoms with Crippen LogP contribution in [0.3, 0.4) is 0 Å². The molecule has 0 amide bonds. The predicted molar refractivity (Wildman–Crippen MR) is 67.1 cm³/mol. The number of benzene rings is 1. The second-order valence-electron chi connectivity index (χ2n) is 4.24. The van der Waals surface area contributed by atoms with Gasteiger partial charge in [-0.25, -0.2) is 4.39 Å². The first-order valence-corrected chi connectivity index (χ1v) is 5.78. The SMILES string of the molecule is COc1cc(NCCOCC(C)C)ccc1F. The fourth-order valence-electron chi connectivity index (χ4n) is 1.36. The number of hydrogen-bond donors (Lipinski definition) is 1. The van der Waals surface area contributed by atoms with Crippen LogP contribution in [0, 0.1) is 11.7 Å². The highest BCUT2D eigenvalue weighted by atomic mass is 19.1. The van der Waals surface area contributed by atoms with Gasteiger partial charge in [0.2, 0.25) is 0 Å². The summed E-state index contributed by atoms with van der Waals surface area (Å²) < 4.78 is 23.5. The van der Waals surface area contributed by atoms with Gasteiger partial charge in [-0.15, -0.1) is 0 Å². The molecule has 0 unspecified atom stereocenters. The zero-order valence-electron chi connectivity index (χ0n) is 10.6. The Bertz CT molecular complexity index is 342. The minimum atomic E-state index is -0.353. The molecule has 4 heteroatoms. The van der Waals surface area contributed by atoms with Crippen LogP contribution in [-0.2, 0) is 4.74 Å². The lowest BCUT2D eigenvalue weighted by Gasteiger charge is -2.10. The Labute approximate surface area is 102 Å². The maximum atomic E-state index is 13.1. The first kappa shape index (κ1) is 13.8. The number of anilines is 1. The highest BCUT2D eigenvalue weighted by Crippen LogP contribution is 2.21. The van der Waals surface area contributed by atoms with Crippen LogP contribution in [0.2, 0.25) is 0 Å². The Morgan fingerprint density at radius 2 is 2.12 bits per heavy atom. The molecule has 0 aliphatic heterocycles. The van der Waals surface area contributed by atoms with Gasteiger partial charge in [-0.2, -0.15) is 0 Å². The van der Waals surface area contributed by atoms with E-state index in [1.165, 1.54) is 13.2 Å². The number of halogens is 1. The van der Waals surface area contributed by atoms with Crippen molar-refractivity contribution in [2.75, 3.05) is 32.2 Å². The molecule has 0 heterocycles. The highest BCUT2D eigenvalue weighted by Gasteiger charge is 2.02. The van der Waals surface area contributed by atoms with E-state index in [0.717, 1.165) is 12.3 Å². The van der Waals surface area contributed by atoms with Gasteiger partial charge in [0.25, 0.3) is 0 Å². The molecule has 0 atom stereocenters. The lowest BCUT2D eigenvalue weighted by molar-refractivity contribution is 0.118. The van der Waals surface area contributed by atoms with Crippen LogP contribution >= 0.6 is 0 Å². The van der Waals surface area contributed by atoms with Gasteiger partial charge in [-0.3, -0.25) is 0 Å². The van der Waals surface area contributed by atoms with Crippen molar-refractivity contribution in [1.29, 1.82) is 0 Å². The van der Waals surface area contributed by atoms with Crippen molar-refractivity contribution < 1.29 is 13.9 Å². The summed E-state index contributed by atoms with van der Waals surface area (Å²) in [7, 11) is 1.45. The standard InChI is InChI=1S/C13H20FNO2/c1-10(2)9-17-7-6-15-11-4-5-12(14)13(8-11)16-3/h4-5,8,10,15H,6-7,9H2,1-3H3. The summed E-state index contributed by atoms with van der Waals surface area (Å²) in [6.45, 7) is 6.31. The van der Waals surface area contributed by atoms with Crippen molar-refractivity contribution in [3.05, 3.63) is 24.0 Å². The van der Waals surface area contributed by atoms with E-state index in [9.17, 15) is 4.39 Å². The largest absolute Gasteiger partial charge is 0.494 e. The summed E-state index contributed by atoms with van der Waals surface area (Å²) in [5.74, 6) is 0.438. The second-order valence-corrected chi connectivity index (χ2v) is 4.24. The molecule has 0 aliphatic rings. The fraction of sp³-hybridized carbons (Fsp3) is 0.538. The lowest BCUT2D eigenvalue weighted by Crippen LogP contribution is -2.12. The van der Waals surface area contributed by atoms with Gasteiger partial charge in [0.1, 0.15) is 0 Å². The smallest absolute Gasteiger partial charge is 0.165 e. The van der Waals surface area contributed by atoms with Gasteiger partial charge in [0.15, 0.2) is 11.6 Å². The third kappa shape index (κ3) is 5.04. The van der Waals surface area contributed by atoms with E-state index < -0.39 is 0 Å². The summed E-state index contributed by atoms with van der Waals surface area (Å²) in [6.07, 6.45) is 0. The van der Waals surface area contributed by atoms with E-state index in [2.05, 4.69) is 19.2 Å². The Morgan fingerprint density at radius 1 is 1.35 bits per heavy atom. The summed E-state index contributed by atoms with van der Waals surface area (Å²) in [5, 5.41) is 3.15. The van der Waals surface area contributed by atoms with Crippen LogP contribution in [0.15, 0.2) is 18.2 Å².